The molecule has 0 aromatic heterocycles. The number of hydrogen-bond donors (Lipinski definition) is 1. The van der Waals surface area contributed by atoms with Crippen molar-refractivity contribution in [1.82, 2.24) is 4.72 Å². The SMILES string of the molecule is COC(=O)[C@H](C)NS(=O)(=O)CBr. The van der Waals surface area contributed by atoms with Crippen LogP contribution in [0.25, 0.3) is 0 Å². The molecular formula is C5H10BrNO4S. The van der Waals surface area contributed by atoms with Gasteiger partial charge in [-0.15, -0.1) is 0 Å². The fourth-order valence-electron chi connectivity index (χ4n) is 0.526. The second kappa shape index (κ2) is 4.78. The Labute approximate surface area is 79.7 Å². The minimum atomic E-state index is -3.41. The van der Waals surface area contributed by atoms with Gasteiger partial charge in [-0.3, -0.25) is 4.79 Å². The summed E-state index contributed by atoms with van der Waals surface area (Å²) in [5.41, 5.74) is 0. The predicted octanol–water partition coefficient (Wildman–Crippen LogP) is -0.180. The fourth-order valence-corrected chi connectivity index (χ4v) is 1.62. The standard InChI is InChI=1S/C5H10BrNO4S/c1-4(5(8)11-2)7-12(9,10)3-6/h4,7H,3H2,1-2H3/t4-/m0/s1. The first-order chi connectivity index (χ1) is 5.43. The lowest BCUT2D eigenvalue weighted by Gasteiger charge is -2.09. The van der Waals surface area contributed by atoms with E-state index < -0.39 is 22.0 Å². The number of hydrogen-bond acceptors (Lipinski definition) is 4. The summed E-state index contributed by atoms with van der Waals surface area (Å²) in [6, 6.07) is -0.849. The van der Waals surface area contributed by atoms with E-state index in [-0.39, 0.29) is 4.66 Å². The maximum atomic E-state index is 10.9. The van der Waals surface area contributed by atoms with Crippen molar-refractivity contribution >= 4 is 31.9 Å². The molecule has 0 radical (unpaired) electrons. The maximum Gasteiger partial charge on any atom is 0.323 e. The molecule has 0 unspecified atom stereocenters. The van der Waals surface area contributed by atoms with Gasteiger partial charge in [0, 0.05) is 0 Å². The molecule has 0 heterocycles. The van der Waals surface area contributed by atoms with Gasteiger partial charge in [-0.2, -0.15) is 0 Å². The van der Waals surface area contributed by atoms with E-state index >= 15 is 0 Å². The van der Waals surface area contributed by atoms with E-state index in [9.17, 15) is 13.2 Å². The van der Waals surface area contributed by atoms with E-state index in [4.69, 9.17) is 0 Å². The molecule has 0 fully saturated rings. The highest BCUT2D eigenvalue weighted by molar-refractivity contribution is 9.10. The average Bonchev–Trinajstić information content (AvgIpc) is 2.02. The average molecular weight is 260 g/mol. The summed E-state index contributed by atoms with van der Waals surface area (Å²) in [4.78, 5) is 10.7. The molecule has 0 aliphatic rings. The fraction of sp³-hybridized carbons (Fsp3) is 0.800. The third kappa shape index (κ3) is 4.03. The molecule has 12 heavy (non-hydrogen) atoms. The number of rotatable bonds is 4. The number of ether oxygens (including phenoxy) is 1. The van der Waals surface area contributed by atoms with Gasteiger partial charge in [0.2, 0.25) is 10.0 Å². The number of halogens is 1. The summed E-state index contributed by atoms with van der Waals surface area (Å²) < 4.78 is 27.9. The van der Waals surface area contributed by atoms with Crippen LogP contribution in [0.1, 0.15) is 6.92 Å². The lowest BCUT2D eigenvalue weighted by atomic mass is 10.4. The number of sulfonamides is 1. The van der Waals surface area contributed by atoms with E-state index in [1.165, 1.54) is 14.0 Å². The molecule has 7 heteroatoms. The van der Waals surface area contributed by atoms with Crippen LogP contribution in [0.4, 0.5) is 0 Å². The zero-order chi connectivity index (χ0) is 9.78. The highest BCUT2D eigenvalue weighted by Crippen LogP contribution is 1.95. The molecule has 5 nitrogen and oxygen atoms in total. The number of carbonyl (C=O) groups excluding carboxylic acids is 1. The first-order valence-electron chi connectivity index (χ1n) is 3.06. The highest BCUT2D eigenvalue weighted by atomic mass is 79.9. The first kappa shape index (κ1) is 11.9. The van der Waals surface area contributed by atoms with Gasteiger partial charge >= 0.3 is 5.97 Å². The number of esters is 1. The van der Waals surface area contributed by atoms with Gasteiger partial charge in [-0.05, 0) is 6.92 Å². The van der Waals surface area contributed by atoms with Crippen molar-refractivity contribution in [3.63, 3.8) is 0 Å². The molecule has 0 aromatic carbocycles. The van der Waals surface area contributed by atoms with Gasteiger partial charge in [0.05, 0.1) is 7.11 Å². The first-order valence-corrected chi connectivity index (χ1v) is 5.84. The quantitative estimate of drug-likeness (QED) is 0.562. The Morgan fingerprint density at radius 3 is 2.50 bits per heavy atom. The van der Waals surface area contributed by atoms with Crippen molar-refractivity contribution in [2.75, 3.05) is 11.8 Å². The Morgan fingerprint density at radius 2 is 2.17 bits per heavy atom. The molecule has 0 rings (SSSR count). The van der Waals surface area contributed by atoms with Crippen molar-refractivity contribution in [1.29, 1.82) is 0 Å². The highest BCUT2D eigenvalue weighted by Gasteiger charge is 2.19. The van der Waals surface area contributed by atoms with Gasteiger partial charge in [0.1, 0.15) is 10.7 Å². The number of alkyl halides is 1. The van der Waals surface area contributed by atoms with E-state index in [0.717, 1.165) is 0 Å². The van der Waals surface area contributed by atoms with Crippen molar-refractivity contribution in [2.45, 2.75) is 13.0 Å². The Bertz CT molecular complexity index is 250. The molecule has 72 valence electrons. The summed E-state index contributed by atoms with van der Waals surface area (Å²) in [5, 5.41) is 0. The third-order valence-corrected chi connectivity index (χ3v) is 3.86. The van der Waals surface area contributed by atoms with Crippen molar-refractivity contribution in [3.05, 3.63) is 0 Å². The molecule has 0 saturated heterocycles. The van der Waals surface area contributed by atoms with E-state index in [1.807, 2.05) is 0 Å². The van der Waals surface area contributed by atoms with Crippen molar-refractivity contribution in [3.8, 4) is 0 Å². The molecule has 0 saturated carbocycles. The minimum Gasteiger partial charge on any atom is -0.468 e. The minimum absolute atomic E-state index is 0.235. The van der Waals surface area contributed by atoms with E-state index in [2.05, 4.69) is 25.4 Å². The molecule has 0 aliphatic carbocycles. The smallest absolute Gasteiger partial charge is 0.323 e. The monoisotopic (exact) mass is 259 g/mol. The van der Waals surface area contributed by atoms with Crippen LogP contribution in [-0.4, -0.2) is 32.2 Å². The molecule has 0 spiro atoms. The predicted molar refractivity (Wildman–Crippen MR) is 47.3 cm³/mol. The van der Waals surface area contributed by atoms with Crippen LogP contribution in [0.2, 0.25) is 0 Å². The normalized spacial score (nSPS) is 13.9. The summed E-state index contributed by atoms with van der Waals surface area (Å²) in [5.74, 6) is -0.612. The van der Waals surface area contributed by atoms with Crippen LogP contribution in [0.5, 0.6) is 0 Å². The maximum absolute atomic E-state index is 10.9. The van der Waals surface area contributed by atoms with Gasteiger partial charge in [0.25, 0.3) is 0 Å². The Balaban J connectivity index is 4.19. The Hall–Kier alpha value is -0.140. The topological polar surface area (TPSA) is 72.5 Å². The second-order valence-corrected chi connectivity index (χ2v) is 5.14. The molecular weight excluding hydrogens is 250 g/mol. The Kier molecular flexibility index (Phi) is 4.73. The van der Waals surface area contributed by atoms with E-state index in [0.29, 0.717) is 0 Å². The second-order valence-electron chi connectivity index (χ2n) is 2.09. The lowest BCUT2D eigenvalue weighted by Crippen LogP contribution is -2.39. The van der Waals surface area contributed by atoms with Gasteiger partial charge in [0.15, 0.2) is 0 Å². The zero-order valence-electron chi connectivity index (χ0n) is 6.70. The number of methoxy groups -OCH3 is 1. The molecule has 0 aliphatic heterocycles. The molecule has 0 bridgehead atoms. The van der Waals surface area contributed by atoms with Gasteiger partial charge in [-0.1, -0.05) is 15.9 Å². The van der Waals surface area contributed by atoms with Crippen LogP contribution in [0.3, 0.4) is 0 Å². The van der Waals surface area contributed by atoms with Gasteiger partial charge < -0.3 is 4.74 Å². The van der Waals surface area contributed by atoms with Crippen LogP contribution in [-0.2, 0) is 19.6 Å². The molecule has 0 amide bonds. The van der Waals surface area contributed by atoms with Crippen LogP contribution in [0.15, 0.2) is 0 Å². The molecule has 1 N–H and O–H groups in total. The van der Waals surface area contributed by atoms with Crippen molar-refractivity contribution in [2.24, 2.45) is 0 Å². The third-order valence-electron chi connectivity index (χ3n) is 1.05. The van der Waals surface area contributed by atoms with Gasteiger partial charge in [-0.25, -0.2) is 13.1 Å². The van der Waals surface area contributed by atoms with Crippen LogP contribution >= 0.6 is 15.9 Å². The summed E-state index contributed by atoms with van der Waals surface area (Å²) in [6.07, 6.45) is 0. The zero-order valence-corrected chi connectivity index (χ0v) is 9.11. The molecule has 0 aromatic rings. The van der Waals surface area contributed by atoms with Crippen molar-refractivity contribution < 1.29 is 17.9 Å². The summed E-state index contributed by atoms with van der Waals surface area (Å²) in [6.45, 7) is 1.41. The Morgan fingerprint density at radius 1 is 1.67 bits per heavy atom. The lowest BCUT2D eigenvalue weighted by molar-refractivity contribution is -0.142. The van der Waals surface area contributed by atoms with E-state index in [1.54, 1.807) is 0 Å². The summed E-state index contributed by atoms with van der Waals surface area (Å²) >= 11 is 2.77. The summed E-state index contributed by atoms with van der Waals surface area (Å²) in [7, 11) is -2.21. The number of carbonyl (C=O) groups is 1. The number of nitrogens with one attached hydrogen (secondary N) is 1. The molecule has 1 atom stereocenters. The van der Waals surface area contributed by atoms with Crippen LogP contribution in [0, 0.1) is 0 Å². The largest absolute Gasteiger partial charge is 0.468 e. The van der Waals surface area contributed by atoms with Crippen LogP contribution < -0.4 is 4.72 Å².